The highest BCUT2D eigenvalue weighted by Crippen LogP contribution is 2.24. The highest BCUT2D eigenvalue weighted by Gasteiger charge is 2.30. The van der Waals surface area contributed by atoms with E-state index in [9.17, 15) is 8.42 Å². The molecule has 6 heteroatoms. The molecular formula is C14H18N2O2S2. The Labute approximate surface area is 126 Å². The molecule has 1 fully saturated rings. The van der Waals surface area contributed by atoms with E-state index in [1.54, 1.807) is 31.2 Å². The Morgan fingerprint density at radius 1 is 1.40 bits per heavy atom. The summed E-state index contributed by atoms with van der Waals surface area (Å²) >= 11 is 4.33. The van der Waals surface area contributed by atoms with Gasteiger partial charge in [0, 0.05) is 24.0 Å². The van der Waals surface area contributed by atoms with Crippen molar-refractivity contribution >= 4 is 28.3 Å². The summed E-state index contributed by atoms with van der Waals surface area (Å²) in [4.78, 5) is 0.326. The van der Waals surface area contributed by atoms with Gasteiger partial charge in [0.05, 0.1) is 11.4 Å². The summed E-state index contributed by atoms with van der Waals surface area (Å²) in [6.45, 7) is 3.36. The lowest BCUT2D eigenvalue weighted by molar-refractivity contribution is 0.478. The predicted molar refractivity (Wildman–Crippen MR) is 84.5 cm³/mol. The van der Waals surface area contributed by atoms with Crippen LogP contribution in [0.3, 0.4) is 0 Å². The van der Waals surface area contributed by atoms with Crippen LogP contribution in [-0.2, 0) is 10.0 Å². The Bertz CT molecular complexity index is 615. The molecule has 1 N–H and O–H groups in total. The standard InChI is InChI=1S/C14H18N2O2S2/c1-2-3-9-15-12-4-6-14(7-5-12)20(17,18)16-10-8-13(19)11-16/h4-7,13,15,19H,8-11H2,1H3/t13-/m0/s1. The molecule has 0 aromatic heterocycles. The molecule has 0 spiro atoms. The molecule has 20 heavy (non-hydrogen) atoms. The lowest BCUT2D eigenvalue weighted by Crippen LogP contribution is -2.29. The fourth-order valence-corrected chi connectivity index (χ4v) is 3.98. The largest absolute Gasteiger partial charge is 0.374 e. The van der Waals surface area contributed by atoms with Gasteiger partial charge in [0.15, 0.2) is 0 Å². The monoisotopic (exact) mass is 310 g/mol. The molecule has 1 aromatic carbocycles. The summed E-state index contributed by atoms with van der Waals surface area (Å²) in [5.74, 6) is 5.69. The number of thiol groups is 1. The van der Waals surface area contributed by atoms with Gasteiger partial charge in [-0.25, -0.2) is 8.42 Å². The zero-order valence-corrected chi connectivity index (χ0v) is 13.0. The van der Waals surface area contributed by atoms with Crippen molar-refractivity contribution in [3.63, 3.8) is 0 Å². The first-order valence-electron chi connectivity index (χ1n) is 6.46. The van der Waals surface area contributed by atoms with Gasteiger partial charge in [0.25, 0.3) is 0 Å². The maximum Gasteiger partial charge on any atom is 0.243 e. The molecule has 108 valence electrons. The zero-order valence-electron chi connectivity index (χ0n) is 11.3. The molecule has 0 radical (unpaired) electrons. The first-order valence-corrected chi connectivity index (χ1v) is 8.41. The van der Waals surface area contributed by atoms with E-state index in [2.05, 4.69) is 29.8 Å². The van der Waals surface area contributed by atoms with Crippen LogP contribution in [0.4, 0.5) is 5.69 Å². The molecule has 0 bridgehead atoms. The molecule has 1 aromatic rings. The summed E-state index contributed by atoms with van der Waals surface area (Å²) in [5, 5.41) is 3.24. The van der Waals surface area contributed by atoms with Gasteiger partial charge in [0.2, 0.25) is 10.0 Å². The molecule has 4 nitrogen and oxygen atoms in total. The summed E-state index contributed by atoms with van der Waals surface area (Å²) < 4.78 is 26.3. The van der Waals surface area contributed by atoms with Gasteiger partial charge >= 0.3 is 0 Å². The minimum absolute atomic E-state index is 0.137. The van der Waals surface area contributed by atoms with Crippen LogP contribution in [-0.4, -0.2) is 37.6 Å². The molecule has 1 saturated heterocycles. The number of hydrogen-bond acceptors (Lipinski definition) is 4. The van der Waals surface area contributed by atoms with Crippen molar-refractivity contribution in [1.29, 1.82) is 0 Å². The number of nitrogens with zero attached hydrogens (tertiary/aromatic N) is 1. The number of sulfonamides is 1. The lowest BCUT2D eigenvalue weighted by atomic mass is 10.3. The van der Waals surface area contributed by atoms with E-state index < -0.39 is 10.0 Å². The maximum absolute atomic E-state index is 12.4. The third kappa shape index (κ3) is 3.48. The summed E-state index contributed by atoms with van der Waals surface area (Å²) in [7, 11) is -3.38. The fourth-order valence-electron chi connectivity index (χ4n) is 2.06. The normalized spacial score (nSPS) is 19.4. The van der Waals surface area contributed by atoms with Gasteiger partial charge in [0.1, 0.15) is 0 Å². The van der Waals surface area contributed by atoms with E-state index in [1.165, 1.54) is 4.31 Å². The Hall–Kier alpha value is -1.16. The smallest absolute Gasteiger partial charge is 0.243 e. The molecule has 1 heterocycles. The van der Waals surface area contributed by atoms with E-state index in [1.807, 2.05) is 0 Å². The van der Waals surface area contributed by atoms with Crippen molar-refractivity contribution < 1.29 is 8.42 Å². The highest BCUT2D eigenvalue weighted by atomic mass is 32.2. The summed E-state index contributed by atoms with van der Waals surface area (Å²) in [5.41, 5.74) is 0.861. The van der Waals surface area contributed by atoms with Crippen molar-refractivity contribution in [3.05, 3.63) is 24.3 Å². The Morgan fingerprint density at radius 3 is 2.65 bits per heavy atom. The van der Waals surface area contributed by atoms with Crippen LogP contribution in [0, 0.1) is 11.8 Å². The van der Waals surface area contributed by atoms with Gasteiger partial charge in [-0.1, -0.05) is 5.92 Å². The predicted octanol–water partition coefficient (Wildman–Crippen LogP) is 1.81. The van der Waals surface area contributed by atoms with E-state index in [-0.39, 0.29) is 5.25 Å². The number of hydrogen-bond donors (Lipinski definition) is 2. The lowest BCUT2D eigenvalue weighted by Gasteiger charge is -2.16. The van der Waals surface area contributed by atoms with Crippen LogP contribution in [0.15, 0.2) is 29.2 Å². The molecule has 1 aliphatic heterocycles. The van der Waals surface area contributed by atoms with Crippen LogP contribution in [0.1, 0.15) is 13.3 Å². The number of rotatable bonds is 4. The van der Waals surface area contributed by atoms with Crippen molar-refractivity contribution in [3.8, 4) is 11.8 Å². The average Bonchev–Trinajstić information content (AvgIpc) is 2.87. The van der Waals surface area contributed by atoms with Crippen LogP contribution in [0.5, 0.6) is 0 Å². The Morgan fingerprint density at radius 2 is 2.10 bits per heavy atom. The molecule has 2 rings (SSSR count). The molecule has 0 amide bonds. The van der Waals surface area contributed by atoms with E-state index in [0.717, 1.165) is 12.1 Å². The SMILES string of the molecule is CC#CCNc1ccc(S(=O)(=O)N2CC[C@H](S)C2)cc1. The molecule has 0 saturated carbocycles. The maximum atomic E-state index is 12.4. The molecular weight excluding hydrogens is 292 g/mol. The highest BCUT2D eigenvalue weighted by molar-refractivity contribution is 7.89. The minimum Gasteiger partial charge on any atom is -0.374 e. The van der Waals surface area contributed by atoms with Gasteiger partial charge in [-0.05, 0) is 37.6 Å². The minimum atomic E-state index is -3.38. The molecule has 1 atom stereocenters. The van der Waals surface area contributed by atoms with Crippen molar-refractivity contribution in [1.82, 2.24) is 4.31 Å². The quantitative estimate of drug-likeness (QED) is 0.659. The molecule has 0 unspecified atom stereocenters. The van der Waals surface area contributed by atoms with Crippen LogP contribution in [0.25, 0.3) is 0 Å². The topological polar surface area (TPSA) is 49.4 Å². The zero-order chi connectivity index (χ0) is 14.6. The van der Waals surface area contributed by atoms with E-state index in [0.29, 0.717) is 24.5 Å². The van der Waals surface area contributed by atoms with Crippen molar-refractivity contribution in [2.24, 2.45) is 0 Å². The summed E-state index contributed by atoms with van der Waals surface area (Å²) in [6.07, 6.45) is 0.803. The first kappa shape index (κ1) is 15.2. The van der Waals surface area contributed by atoms with Crippen LogP contribution in [0.2, 0.25) is 0 Å². The van der Waals surface area contributed by atoms with Crippen LogP contribution >= 0.6 is 12.6 Å². The second-order valence-corrected chi connectivity index (χ2v) is 7.28. The fraction of sp³-hybridized carbons (Fsp3) is 0.429. The third-order valence-electron chi connectivity index (χ3n) is 3.18. The van der Waals surface area contributed by atoms with E-state index in [4.69, 9.17) is 0 Å². The van der Waals surface area contributed by atoms with Crippen LogP contribution < -0.4 is 5.32 Å². The van der Waals surface area contributed by atoms with Gasteiger partial charge in [-0.15, -0.1) is 5.92 Å². The summed E-state index contributed by atoms with van der Waals surface area (Å²) in [6, 6.07) is 6.78. The molecule has 1 aliphatic rings. The van der Waals surface area contributed by atoms with Gasteiger partial charge in [-0.3, -0.25) is 0 Å². The number of benzene rings is 1. The second-order valence-electron chi connectivity index (χ2n) is 4.61. The second kappa shape index (κ2) is 6.53. The van der Waals surface area contributed by atoms with Crippen molar-refractivity contribution in [2.75, 3.05) is 25.0 Å². The average molecular weight is 310 g/mol. The van der Waals surface area contributed by atoms with Gasteiger partial charge in [-0.2, -0.15) is 16.9 Å². The number of nitrogens with one attached hydrogen (secondary N) is 1. The Kier molecular flexibility index (Phi) is 4.97. The molecule has 0 aliphatic carbocycles. The van der Waals surface area contributed by atoms with E-state index >= 15 is 0 Å². The number of anilines is 1. The Balaban J connectivity index is 2.10. The first-order chi connectivity index (χ1) is 9.54. The van der Waals surface area contributed by atoms with Gasteiger partial charge < -0.3 is 5.32 Å². The van der Waals surface area contributed by atoms with Crippen molar-refractivity contribution in [2.45, 2.75) is 23.5 Å². The third-order valence-corrected chi connectivity index (χ3v) is 5.48.